The quantitative estimate of drug-likeness (QED) is 0.736. The Labute approximate surface area is 155 Å². The molecule has 3 rings (SSSR count). The van der Waals surface area contributed by atoms with Crippen LogP contribution in [0.15, 0.2) is 29.2 Å². The minimum absolute atomic E-state index is 0.156. The summed E-state index contributed by atoms with van der Waals surface area (Å²) in [4.78, 5) is 14.4. The first-order valence-electron chi connectivity index (χ1n) is 9.24. The maximum atomic E-state index is 12.9. The van der Waals surface area contributed by atoms with E-state index < -0.39 is 10.0 Å². The summed E-state index contributed by atoms with van der Waals surface area (Å²) in [6.07, 6.45) is 3.29. The van der Waals surface area contributed by atoms with Crippen LogP contribution in [0.4, 0.5) is 5.69 Å². The third-order valence-corrected chi connectivity index (χ3v) is 6.74. The molecule has 1 amide bonds. The number of nitrogens with one attached hydrogen (secondary N) is 2. The summed E-state index contributed by atoms with van der Waals surface area (Å²) in [5, 5.41) is 5.91. The first-order valence-corrected chi connectivity index (χ1v) is 10.7. The second-order valence-electron chi connectivity index (χ2n) is 7.21. The highest BCUT2D eigenvalue weighted by Crippen LogP contribution is 2.27. The number of hydrogen-bond donors (Lipinski definition) is 2. The van der Waals surface area contributed by atoms with Crippen LogP contribution < -0.4 is 10.6 Å². The summed E-state index contributed by atoms with van der Waals surface area (Å²) >= 11 is 0. The number of anilines is 1. The van der Waals surface area contributed by atoms with Crippen molar-refractivity contribution in [3.05, 3.63) is 24.3 Å². The molecule has 8 heteroatoms. The maximum Gasteiger partial charge on any atom is 0.243 e. The van der Waals surface area contributed by atoms with E-state index in [-0.39, 0.29) is 17.3 Å². The third-order valence-electron chi connectivity index (χ3n) is 4.85. The van der Waals surface area contributed by atoms with Crippen LogP contribution in [-0.4, -0.2) is 69.8 Å². The molecule has 1 aliphatic heterocycles. The zero-order valence-electron chi connectivity index (χ0n) is 15.3. The Bertz CT molecular complexity index is 734. The van der Waals surface area contributed by atoms with Crippen molar-refractivity contribution in [2.45, 2.75) is 24.2 Å². The van der Waals surface area contributed by atoms with E-state index in [1.807, 2.05) is 7.05 Å². The average molecular weight is 381 g/mol. The number of nitrogens with zero attached hydrogens (tertiary/aromatic N) is 2. The maximum absolute atomic E-state index is 12.9. The van der Waals surface area contributed by atoms with E-state index in [0.29, 0.717) is 24.7 Å². The Balaban J connectivity index is 1.62. The number of benzene rings is 1. The second kappa shape index (κ2) is 8.47. The van der Waals surface area contributed by atoms with Crippen molar-refractivity contribution in [1.82, 2.24) is 14.5 Å². The van der Waals surface area contributed by atoms with Gasteiger partial charge in [0.2, 0.25) is 15.9 Å². The van der Waals surface area contributed by atoms with Gasteiger partial charge in [0.15, 0.2) is 0 Å². The predicted octanol–water partition coefficient (Wildman–Crippen LogP) is 0.951. The fraction of sp³-hybridized carbons (Fsp3) is 0.611. The molecule has 1 aromatic carbocycles. The minimum atomic E-state index is -3.55. The molecule has 0 spiro atoms. The van der Waals surface area contributed by atoms with E-state index in [4.69, 9.17) is 0 Å². The van der Waals surface area contributed by atoms with Gasteiger partial charge in [-0.15, -0.1) is 0 Å². The van der Waals surface area contributed by atoms with Crippen molar-refractivity contribution in [1.29, 1.82) is 0 Å². The van der Waals surface area contributed by atoms with Gasteiger partial charge in [-0.05, 0) is 63.5 Å². The Morgan fingerprint density at radius 1 is 1.19 bits per heavy atom. The van der Waals surface area contributed by atoms with Gasteiger partial charge < -0.3 is 15.5 Å². The number of rotatable bonds is 7. The average Bonchev–Trinajstić information content (AvgIpc) is 3.43. The summed E-state index contributed by atoms with van der Waals surface area (Å²) in [6.45, 7) is 3.74. The first kappa shape index (κ1) is 19.3. The van der Waals surface area contributed by atoms with Crippen molar-refractivity contribution in [3.8, 4) is 0 Å². The largest absolute Gasteiger partial charge is 0.325 e. The molecule has 26 heavy (non-hydrogen) atoms. The van der Waals surface area contributed by atoms with Gasteiger partial charge in [0.25, 0.3) is 0 Å². The molecular weight excluding hydrogens is 352 g/mol. The Morgan fingerprint density at radius 2 is 2.00 bits per heavy atom. The zero-order valence-corrected chi connectivity index (χ0v) is 16.1. The van der Waals surface area contributed by atoms with Crippen molar-refractivity contribution < 1.29 is 13.2 Å². The van der Waals surface area contributed by atoms with Crippen LogP contribution >= 0.6 is 0 Å². The number of sulfonamides is 1. The molecule has 1 heterocycles. The molecule has 1 aliphatic carbocycles. The molecule has 1 aromatic rings. The van der Waals surface area contributed by atoms with Crippen LogP contribution in [0, 0.1) is 5.92 Å². The number of carbonyl (C=O) groups is 1. The van der Waals surface area contributed by atoms with E-state index in [1.54, 1.807) is 24.3 Å². The number of carbonyl (C=O) groups excluding carboxylic acids is 1. The topological polar surface area (TPSA) is 81.8 Å². The van der Waals surface area contributed by atoms with Crippen molar-refractivity contribution in [2.75, 3.05) is 51.6 Å². The van der Waals surface area contributed by atoms with Crippen molar-refractivity contribution in [2.24, 2.45) is 5.92 Å². The summed E-state index contributed by atoms with van der Waals surface area (Å²) in [5.41, 5.74) is 0.510. The highest BCUT2D eigenvalue weighted by Gasteiger charge is 2.26. The third kappa shape index (κ3) is 5.26. The van der Waals surface area contributed by atoms with E-state index in [0.717, 1.165) is 26.1 Å². The van der Waals surface area contributed by atoms with Crippen LogP contribution in [-0.2, 0) is 14.8 Å². The minimum Gasteiger partial charge on any atom is -0.325 e. The molecule has 1 saturated heterocycles. The summed E-state index contributed by atoms with van der Waals surface area (Å²) in [5.74, 6) is 0.556. The smallest absolute Gasteiger partial charge is 0.243 e. The molecule has 2 N–H and O–H groups in total. The van der Waals surface area contributed by atoms with E-state index in [1.165, 1.54) is 17.1 Å². The highest BCUT2D eigenvalue weighted by molar-refractivity contribution is 7.89. The van der Waals surface area contributed by atoms with Gasteiger partial charge in [-0.1, -0.05) is 6.07 Å². The normalized spacial score (nSPS) is 19.9. The highest BCUT2D eigenvalue weighted by atomic mass is 32.2. The standard InChI is InChI=1S/C18H28N4O3S/c1-21-8-3-9-22(11-10-21)26(24,25)17-5-2-4-16(12-17)20-18(23)14-19-13-15-6-7-15/h2,4-5,12,15,19H,3,6-11,13-14H2,1H3,(H,20,23). The molecule has 0 unspecified atom stereocenters. The van der Waals surface area contributed by atoms with Crippen LogP contribution in [0.5, 0.6) is 0 Å². The number of hydrogen-bond acceptors (Lipinski definition) is 5. The SMILES string of the molecule is CN1CCCN(S(=O)(=O)c2cccc(NC(=O)CNCC3CC3)c2)CC1. The lowest BCUT2D eigenvalue weighted by Gasteiger charge is -2.20. The molecular formula is C18H28N4O3S. The fourth-order valence-electron chi connectivity index (χ4n) is 3.06. The molecule has 2 fully saturated rings. The van der Waals surface area contributed by atoms with Gasteiger partial charge in [0.1, 0.15) is 0 Å². The monoisotopic (exact) mass is 380 g/mol. The fourth-order valence-corrected chi connectivity index (χ4v) is 4.58. The Morgan fingerprint density at radius 3 is 2.77 bits per heavy atom. The Hall–Kier alpha value is -1.48. The molecule has 2 aliphatic rings. The van der Waals surface area contributed by atoms with Crippen LogP contribution in [0.2, 0.25) is 0 Å². The summed E-state index contributed by atoms with van der Waals surface area (Å²) in [7, 11) is -1.54. The van der Waals surface area contributed by atoms with Gasteiger partial charge in [0.05, 0.1) is 11.4 Å². The van der Waals surface area contributed by atoms with Crippen LogP contribution in [0.25, 0.3) is 0 Å². The number of amides is 1. The summed E-state index contributed by atoms with van der Waals surface area (Å²) < 4.78 is 27.4. The lowest BCUT2D eigenvalue weighted by atomic mass is 10.3. The van der Waals surface area contributed by atoms with E-state index >= 15 is 0 Å². The van der Waals surface area contributed by atoms with Gasteiger partial charge in [-0.2, -0.15) is 4.31 Å². The second-order valence-corrected chi connectivity index (χ2v) is 9.15. The zero-order chi connectivity index (χ0) is 18.6. The lowest BCUT2D eigenvalue weighted by Crippen LogP contribution is -2.34. The predicted molar refractivity (Wildman–Crippen MR) is 102 cm³/mol. The number of likely N-dealkylation sites (N-methyl/N-ethyl adjacent to an activating group) is 1. The molecule has 7 nitrogen and oxygen atoms in total. The van der Waals surface area contributed by atoms with Gasteiger partial charge in [0, 0.05) is 25.3 Å². The van der Waals surface area contributed by atoms with Gasteiger partial charge >= 0.3 is 0 Å². The van der Waals surface area contributed by atoms with Crippen LogP contribution in [0.1, 0.15) is 19.3 Å². The molecule has 144 valence electrons. The Kier molecular flexibility index (Phi) is 6.29. The van der Waals surface area contributed by atoms with Gasteiger partial charge in [-0.25, -0.2) is 8.42 Å². The molecule has 1 saturated carbocycles. The van der Waals surface area contributed by atoms with Gasteiger partial charge in [-0.3, -0.25) is 4.79 Å². The first-order chi connectivity index (χ1) is 12.4. The molecule has 0 bridgehead atoms. The van der Waals surface area contributed by atoms with E-state index in [2.05, 4.69) is 15.5 Å². The lowest BCUT2D eigenvalue weighted by molar-refractivity contribution is -0.115. The molecule has 0 radical (unpaired) electrons. The van der Waals surface area contributed by atoms with Crippen molar-refractivity contribution in [3.63, 3.8) is 0 Å². The summed E-state index contributed by atoms with van der Waals surface area (Å²) in [6, 6.07) is 6.52. The van der Waals surface area contributed by atoms with Crippen molar-refractivity contribution >= 4 is 21.6 Å². The molecule has 0 atom stereocenters. The van der Waals surface area contributed by atoms with E-state index in [9.17, 15) is 13.2 Å². The van der Waals surface area contributed by atoms with Crippen LogP contribution in [0.3, 0.4) is 0 Å². The molecule has 0 aromatic heterocycles.